The molecular formula is C24H32O5. The summed E-state index contributed by atoms with van der Waals surface area (Å²) in [5, 5.41) is 0. The molecule has 2 aliphatic carbocycles. The van der Waals surface area contributed by atoms with E-state index in [2.05, 4.69) is 0 Å². The van der Waals surface area contributed by atoms with Gasteiger partial charge < -0.3 is 14.2 Å². The highest BCUT2D eigenvalue weighted by Gasteiger charge is 2.34. The van der Waals surface area contributed by atoms with Gasteiger partial charge >= 0.3 is 11.9 Å². The van der Waals surface area contributed by atoms with Crippen molar-refractivity contribution >= 4 is 11.9 Å². The van der Waals surface area contributed by atoms with E-state index in [4.69, 9.17) is 14.2 Å². The van der Waals surface area contributed by atoms with Crippen LogP contribution in [0.15, 0.2) is 36.4 Å². The summed E-state index contributed by atoms with van der Waals surface area (Å²) in [6.07, 6.45) is 11.3. The van der Waals surface area contributed by atoms with Crippen molar-refractivity contribution in [3.05, 3.63) is 36.4 Å². The first kappa shape index (κ1) is 21.4. The molecule has 1 aromatic carbocycles. The zero-order valence-corrected chi connectivity index (χ0v) is 17.5. The zero-order chi connectivity index (χ0) is 20.6. The molecule has 0 spiro atoms. The van der Waals surface area contributed by atoms with Crippen molar-refractivity contribution in [3.8, 4) is 11.5 Å². The Bertz CT molecular complexity index is 692. The molecule has 0 bridgehead atoms. The van der Waals surface area contributed by atoms with Crippen LogP contribution < -0.4 is 9.47 Å². The van der Waals surface area contributed by atoms with Gasteiger partial charge in [-0.05, 0) is 94.4 Å². The number of ether oxygens (including phenoxy) is 3. The van der Waals surface area contributed by atoms with Gasteiger partial charge in [-0.25, -0.2) is 4.79 Å². The number of carbonyl (C=O) groups excluding carboxylic acids is 2. The molecule has 1 aromatic rings. The lowest BCUT2D eigenvalue weighted by Crippen LogP contribution is -2.31. The molecule has 2 aliphatic rings. The van der Waals surface area contributed by atoms with Gasteiger partial charge in [0.15, 0.2) is 0 Å². The van der Waals surface area contributed by atoms with E-state index in [1.54, 1.807) is 37.5 Å². The number of hydrogen-bond acceptors (Lipinski definition) is 5. The molecule has 0 amide bonds. The molecule has 2 fully saturated rings. The second-order valence-corrected chi connectivity index (χ2v) is 8.18. The molecule has 5 heteroatoms. The number of methoxy groups -OCH3 is 1. The summed E-state index contributed by atoms with van der Waals surface area (Å²) >= 11 is 0. The fraction of sp³-hybridized carbons (Fsp3) is 0.583. The number of hydrogen-bond donors (Lipinski definition) is 0. The van der Waals surface area contributed by atoms with Gasteiger partial charge in [0.25, 0.3) is 0 Å². The molecule has 0 saturated heterocycles. The quantitative estimate of drug-likeness (QED) is 0.378. The van der Waals surface area contributed by atoms with E-state index < -0.39 is 0 Å². The average molecular weight is 401 g/mol. The Morgan fingerprint density at radius 1 is 0.862 bits per heavy atom. The molecule has 0 heterocycles. The molecule has 3 rings (SSSR count). The van der Waals surface area contributed by atoms with Gasteiger partial charge in [0.1, 0.15) is 17.6 Å². The van der Waals surface area contributed by atoms with Crippen LogP contribution in [-0.2, 0) is 14.3 Å². The first-order valence-electron chi connectivity index (χ1n) is 10.8. The maximum absolute atomic E-state index is 12.5. The third kappa shape index (κ3) is 6.09. The second kappa shape index (κ2) is 10.5. The van der Waals surface area contributed by atoms with Crippen LogP contribution >= 0.6 is 0 Å². The molecule has 158 valence electrons. The largest absolute Gasteiger partial charge is 0.497 e. The lowest BCUT2D eigenvalue weighted by Gasteiger charge is -2.37. The normalized spacial score (nSPS) is 27.4. The van der Waals surface area contributed by atoms with Crippen LogP contribution in [0.1, 0.15) is 58.3 Å². The lowest BCUT2D eigenvalue weighted by atomic mass is 9.70. The minimum absolute atomic E-state index is 0.00789. The highest BCUT2D eigenvalue weighted by Crippen LogP contribution is 2.41. The van der Waals surface area contributed by atoms with Gasteiger partial charge in [-0.3, -0.25) is 4.79 Å². The molecule has 29 heavy (non-hydrogen) atoms. The van der Waals surface area contributed by atoms with E-state index in [0.717, 1.165) is 57.1 Å². The Hall–Kier alpha value is -2.30. The van der Waals surface area contributed by atoms with E-state index in [-0.39, 0.29) is 24.0 Å². The summed E-state index contributed by atoms with van der Waals surface area (Å²) in [6.45, 7) is 1.82. The SMILES string of the molecule is CC=CC(=O)OC1CCC(C2CCC(C(=O)Oc3ccc(OC)cc3)CC2)CC1. The smallest absolute Gasteiger partial charge is 0.330 e. The Morgan fingerprint density at radius 3 is 1.97 bits per heavy atom. The van der Waals surface area contributed by atoms with Crippen LogP contribution in [0, 0.1) is 17.8 Å². The van der Waals surface area contributed by atoms with Gasteiger partial charge in [0.05, 0.1) is 13.0 Å². The fourth-order valence-electron chi connectivity index (χ4n) is 4.69. The van der Waals surface area contributed by atoms with Crippen LogP contribution in [-0.4, -0.2) is 25.2 Å². The maximum atomic E-state index is 12.5. The molecular weight excluding hydrogens is 368 g/mol. The van der Waals surface area contributed by atoms with E-state index in [1.165, 1.54) is 6.08 Å². The van der Waals surface area contributed by atoms with Crippen molar-refractivity contribution in [2.75, 3.05) is 7.11 Å². The Balaban J connectivity index is 1.40. The fourth-order valence-corrected chi connectivity index (χ4v) is 4.69. The molecule has 2 saturated carbocycles. The molecule has 0 atom stereocenters. The van der Waals surface area contributed by atoms with Crippen LogP contribution in [0.3, 0.4) is 0 Å². The Kier molecular flexibility index (Phi) is 7.73. The predicted molar refractivity (Wildman–Crippen MR) is 111 cm³/mol. The van der Waals surface area contributed by atoms with Crippen LogP contribution in [0.2, 0.25) is 0 Å². The number of rotatable bonds is 6. The van der Waals surface area contributed by atoms with Crippen LogP contribution in [0.5, 0.6) is 11.5 Å². The van der Waals surface area contributed by atoms with Gasteiger partial charge in [-0.2, -0.15) is 0 Å². The molecule has 0 aromatic heterocycles. The summed E-state index contributed by atoms with van der Waals surface area (Å²) in [5.74, 6) is 2.32. The topological polar surface area (TPSA) is 61.8 Å². The summed E-state index contributed by atoms with van der Waals surface area (Å²) in [5.41, 5.74) is 0. The zero-order valence-electron chi connectivity index (χ0n) is 17.5. The Labute approximate surface area is 173 Å². The van der Waals surface area contributed by atoms with Crippen LogP contribution in [0.25, 0.3) is 0 Å². The maximum Gasteiger partial charge on any atom is 0.330 e. The van der Waals surface area contributed by atoms with E-state index in [1.807, 2.05) is 6.92 Å². The standard InChI is InChI=1S/C24H32O5/c1-3-4-23(25)28-21-11-9-18(10-12-21)17-5-7-19(8-6-17)24(26)29-22-15-13-20(27-2)14-16-22/h3-4,13-19,21H,5-12H2,1-2H3. The molecule has 5 nitrogen and oxygen atoms in total. The third-order valence-corrected chi connectivity index (χ3v) is 6.35. The number of allylic oxidation sites excluding steroid dienone is 1. The lowest BCUT2D eigenvalue weighted by molar-refractivity contribution is -0.145. The highest BCUT2D eigenvalue weighted by molar-refractivity contribution is 5.81. The van der Waals surface area contributed by atoms with Crippen molar-refractivity contribution in [1.29, 1.82) is 0 Å². The van der Waals surface area contributed by atoms with Gasteiger partial charge in [0, 0.05) is 6.08 Å². The summed E-state index contributed by atoms with van der Waals surface area (Å²) in [4.78, 5) is 24.1. The monoisotopic (exact) mass is 400 g/mol. The third-order valence-electron chi connectivity index (χ3n) is 6.35. The Morgan fingerprint density at radius 2 is 1.41 bits per heavy atom. The number of esters is 2. The predicted octanol–water partition coefficient (Wildman–Crippen LogP) is 5.09. The summed E-state index contributed by atoms with van der Waals surface area (Å²) in [7, 11) is 1.61. The van der Waals surface area contributed by atoms with Crippen molar-refractivity contribution < 1.29 is 23.8 Å². The molecule has 0 aliphatic heterocycles. The minimum Gasteiger partial charge on any atom is -0.497 e. The molecule has 0 unspecified atom stereocenters. The van der Waals surface area contributed by atoms with E-state index in [9.17, 15) is 9.59 Å². The van der Waals surface area contributed by atoms with E-state index in [0.29, 0.717) is 17.6 Å². The van der Waals surface area contributed by atoms with Crippen LogP contribution in [0.4, 0.5) is 0 Å². The van der Waals surface area contributed by atoms with Gasteiger partial charge in [-0.1, -0.05) is 6.08 Å². The van der Waals surface area contributed by atoms with Crippen molar-refractivity contribution in [2.24, 2.45) is 17.8 Å². The van der Waals surface area contributed by atoms with Crippen molar-refractivity contribution in [3.63, 3.8) is 0 Å². The van der Waals surface area contributed by atoms with E-state index >= 15 is 0 Å². The van der Waals surface area contributed by atoms with Gasteiger partial charge in [-0.15, -0.1) is 0 Å². The first-order chi connectivity index (χ1) is 14.1. The number of carbonyl (C=O) groups is 2. The minimum atomic E-state index is -0.230. The van der Waals surface area contributed by atoms with Crippen molar-refractivity contribution in [1.82, 2.24) is 0 Å². The highest BCUT2D eigenvalue weighted by atomic mass is 16.5. The molecule has 0 radical (unpaired) electrons. The average Bonchev–Trinajstić information content (AvgIpc) is 2.75. The second-order valence-electron chi connectivity index (χ2n) is 8.18. The molecule has 0 N–H and O–H groups in total. The van der Waals surface area contributed by atoms with Crippen molar-refractivity contribution in [2.45, 2.75) is 64.4 Å². The van der Waals surface area contributed by atoms with Gasteiger partial charge in [0.2, 0.25) is 0 Å². The first-order valence-corrected chi connectivity index (χ1v) is 10.8. The number of benzene rings is 1. The summed E-state index contributed by atoms with van der Waals surface area (Å²) < 4.78 is 16.2. The summed E-state index contributed by atoms with van der Waals surface area (Å²) in [6, 6.07) is 7.13.